The third-order valence-electron chi connectivity index (χ3n) is 1.98. The van der Waals surface area contributed by atoms with Crippen LogP contribution in [0.25, 0.3) is 0 Å². The Morgan fingerprint density at radius 1 is 0.789 bits per heavy atom. The van der Waals surface area contributed by atoms with E-state index in [1.54, 1.807) is 0 Å². The molecule has 0 saturated carbocycles. The lowest BCUT2D eigenvalue weighted by atomic mass is 10.2. The summed E-state index contributed by atoms with van der Waals surface area (Å²) in [6.45, 7) is 4.07. The Bertz CT molecular complexity index is 352. The Labute approximate surface area is 114 Å². The average Bonchev–Trinajstić information content (AvgIpc) is 2.40. The summed E-state index contributed by atoms with van der Waals surface area (Å²) in [4.78, 5) is 22.4. The molecule has 0 aliphatic rings. The molecule has 104 valence electrons. The molecule has 4 heteroatoms. The van der Waals surface area contributed by atoms with Crippen molar-refractivity contribution in [2.75, 3.05) is 13.2 Å². The van der Waals surface area contributed by atoms with E-state index in [-0.39, 0.29) is 38.0 Å². The first-order valence-corrected chi connectivity index (χ1v) is 6.43. The molecule has 0 unspecified atom stereocenters. The van der Waals surface area contributed by atoms with Gasteiger partial charge in [0.25, 0.3) is 0 Å². The Kier molecular flexibility index (Phi) is 11.2. The highest BCUT2D eigenvalue weighted by Gasteiger charge is 2.06. The van der Waals surface area contributed by atoms with Crippen LogP contribution in [0.3, 0.4) is 0 Å². The van der Waals surface area contributed by atoms with Crippen molar-refractivity contribution in [1.82, 2.24) is 0 Å². The molecule has 0 aliphatic carbocycles. The van der Waals surface area contributed by atoms with Crippen molar-refractivity contribution in [2.45, 2.75) is 46.0 Å². The summed E-state index contributed by atoms with van der Waals surface area (Å²) in [6, 6.07) is 0. The van der Waals surface area contributed by atoms with Gasteiger partial charge in [-0.2, -0.15) is 0 Å². The van der Waals surface area contributed by atoms with Crippen LogP contribution in [0, 0.1) is 23.7 Å². The molecule has 0 rings (SSSR count). The fraction of sp³-hybridized carbons (Fsp3) is 0.600. The van der Waals surface area contributed by atoms with Gasteiger partial charge in [-0.15, -0.1) is 11.8 Å². The first-order valence-electron chi connectivity index (χ1n) is 6.43. The fourth-order valence-corrected chi connectivity index (χ4v) is 1.11. The summed E-state index contributed by atoms with van der Waals surface area (Å²) in [5, 5.41) is 0. The molecule has 0 spiro atoms. The zero-order valence-electron chi connectivity index (χ0n) is 11.6. The SMILES string of the molecule is CCC#CCOC(=O)CCCC(=O)OCC#CCC. The van der Waals surface area contributed by atoms with E-state index in [0.29, 0.717) is 6.42 Å². The topological polar surface area (TPSA) is 52.6 Å². The van der Waals surface area contributed by atoms with Crippen LogP contribution in [-0.4, -0.2) is 25.2 Å². The number of carbonyl (C=O) groups is 2. The third-order valence-corrected chi connectivity index (χ3v) is 1.98. The molecule has 0 aromatic carbocycles. The van der Waals surface area contributed by atoms with Crippen LogP contribution in [0.1, 0.15) is 46.0 Å². The highest BCUT2D eigenvalue weighted by molar-refractivity contribution is 5.72. The van der Waals surface area contributed by atoms with Gasteiger partial charge in [-0.25, -0.2) is 0 Å². The Balaban J connectivity index is 3.56. The maximum Gasteiger partial charge on any atom is 0.306 e. The standard InChI is InChI=1S/C15H20O4/c1-3-5-7-12-18-14(16)10-9-11-15(17)19-13-8-6-4-2/h3-4,9-13H2,1-2H3. The Morgan fingerprint density at radius 3 is 1.58 bits per heavy atom. The molecule has 4 nitrogen and oxygen atoms in total. The van der Waals surface area contributed by atoms with E-state index >= 15 is 0 Å². The average molecular weight is 264 g/mol. The molecular formula is C15H20O4. The number of ether oxygens (including phenoxy) is 2. The van der Waals surface area contributed by atoms with Crippen LogP contribution in [0.5, 0.6) is 0 Å². The second kappa shape index (κ2) is 12.5. The van der Waals surface area contributed by atoms with Gasteiger partial charge in [0.2, 0.25) is 0 Å². The third kappa shape index (κ3) is 12.3. The minimum Gasteiger partial charge on any atom is -0.452 e. The van der Waals surface area contributed by atoms with Crippen LogP contribution in [-0.2, 0) is 19.1 Å². The van der Waals surface area contributed by atoms with Crippen LogP contribution >= 0.6 is 0 Å². The first kappa shape index (κ1) is 17.1. The highest BCUT2D eigenvalue weighted by atomic mass is 16.5. The summed E-state index contributed by atoms with van der Waals surface area (Å²) in [5.74, 6) is 10.3. The van der Waals surface area contributed by atoms with E-state index in [1.165, 1.54) is 0 Å². The molecule has 0 saturated heterocycles. The zero-order chi connectivity index (χ0) is 14.3. The molecule has 0 aromatic heterocycles. The highest BCUT2D eigenvalue weighted by Crippen LogP contribution is 1.99. The van der Waals surface area contributed by atoms with Crippen molar-refractivity contribution < 1.29 is 19.1 Å². The van der Waals surface area contributed by atoms with E-state index in [9.17, 15) is 9.59 Å². The molecule has 0 aliphatic heterocycles. The predicted molar refractivity (Wildman–Crippen MR) is 71.9 cm³/mol. The normalized spacial score (nSPS) is 8.53. The van der Waals surface area contributed by atoms with Crippen LogP contribution in [0.4, 0.5) is 0 Å². The van der Waals surface area contributed by atoms with Gasteiger partial charge in [0.05, 0.1) is 0 Å². The van der Waals surface area contributed by atoms with Gasteiger partial charge in [0.1, 0.15) is 0 Å². The maximum absolute atomic E-state index is 11.2. The van der Waals surface area contributed by atoms with Gasteiger partial charge < -0.3 is 9.47 Å². The molecule has 19 heavy (non-hydrogen) atoms. The monoisotopic (exact) mass is 264 g/mol. The largest absolute Gasteiger partial charge is 0.452 e. The van der Waals surface area contributed by atoms with Gasteiger partial charge in [0, 0.05) is 25.7 Å². The van der Waals surface area contributed by atoms with E-state index in [2.05, 4.69) is 23.7 Å². The smallest absolute Gasteiger partial charge is 0.306 e. The molecule has 0 atom stereocenters. The zero-order valence-corrected chi connectivity index (χ0v) is 11.6. The van der Waals surface area contributed by atoms with Gasteiger partial charge in [0.15, 0.2) is 13.2 Å². The number of esters is 2. The van der Waals surface area contributed by atoms with Crippen LogP contribution in [0.2, 0.25) is 0 Å². The molecule has 0 bridgehead atoms. The number of carbonyl (C=O) groups excluding carboxylic acids is 2. The lowest BCUT2D eigenvalue weighted by Gasteiger charge is -2.01. The lowest BCUT2D eigenvalue weighted by Crippen LogP contribution is -2.08. The predicted octanol–water partition coefficient (Wildman–Crippen LogP) is 2.07. The van der Waals surface area contributed by atoms with Gasteiger partial charge in [-0.1, -0.05) is 25.7 Å². The van der Waals surface area contributed by atoms with E-state index < -0.39 is 0 Å². The van der Waals surface area contributed by atoms with E-state index in [0.717, 1.165) is 12.8 Å². The quantitative estimate of drug-likeness (QED) is 0.544. The number of rotatable bonds is 6. The molecule has 0 N–H and O–H groups in total. The van der Waals surface area contributed by atoms with Crippen molar-refractivity contribution in [3.05, 3.63) is 0 Å². The molecule has 0 radical (unpaired) electrons. The van der Waals surface area contributed by atoms with Crippen LogP contribution < -0.4 is 0 Å². The Hall–Kier alpha value is -1.94. The van der Waals surface area contributed by atoms with Crippen molar-refractivity contribution in [2.24, 2.45) is 0 Å². The van der Waals surface area contributed by atoms with Crippen molar-refractivity contribution in [1.29, 1.82) is 0 Å². The molecule has 0 aromatic rings. The van der Waals surface area contributed by atoms with Crippen molar-refractivity contribution in [3.8, 4) is 23.7 Å². The minimum atomic E-state index is -0.344. The molecule has 0 fully saturated rings. The lowest BCUT2D eigenvalue weighted by molar-refractivity contribution is -0.144. The number of hydrogen-bond acceptors (Lipinski definition) is 4. The van der Waals surface area contributed by atoms with E-state index in [1.807, 2.05) is 13.8 Å². The second-order valence-corrected chi connectivity index (χ2v) is 3.59. The van der Waals surface area contributed by atoms with Gasteiger partial charge in [-0.05, 0) is 6.42 Å². The summed E-state index contributed by atoms with van der Waals surface area (Å²) >= 11 is 0. The second-order valence-electron chi connectivity index (χ2n) is 3.59. The summed E-state index contributed by atoms with van der Waals surface area (Å²) in [7, 11) is 0. The molecule has 0 heterocycles. The summed E-state index contributed by atoms with van der Waals surface area (Å²) < 4.78 is 9.70. The maximum atomic E-state index is 11.2. The van der Waals surface area contributed by atoms with Crippen LogP contribution in [0.15, 0.2) is 0 Å². The summed E-state index contributed by atoms with van der Waals surface area (Å²) in [5.41, 5.74) is 0. The van der Waals surface area contributed by atoms with Crippen molar-refractivity contribution >= 4 is 11.9 Å². The summed E-state index contributed by atoms with van der Waals surface area (Å²) in [6.07, 6.45) is 2.29. The molecular weight excluding hydrogens is 244 g/mol. The van der Waals surface area contributed by atoms with Gasteiger partial charge >= 0.3 is 11.9 Å². The Morgan fingerprint density at radius 2 is 1.21 bits per heavy atom. The van der Waals surface area contributed by atoms with E-state index in [4.69, 9.17) is 9.47 Å². The molecule has 0 amide bonds. The fourth-order valence-electron chi connectivity index (χ4n) is 1.11. The number of hydrogen-bond donors (Lipinski definition) is 0. The first-order chi connectivity index (χ1) is 9.20. The minimum absolute atomic E-state index is 0.115. The van der Waals surface area contributed by atoms with Crippen molar-refractivity contribution in [3.63, 3.8) is 0 Å². The van der Waals surface area contributed by atoms with Gasteiger partial charge in [-0.3, -0.25) is 9.59 Å².